The fourth-order valence-corrected chi connectivity index (χ4v) is 4.36. The van der Waals surface area contributed by atoms with Crippen molar-refractivity contribution in [1.82, 2.24) is 9.55 Å². The van der Waals surface area contributed by atoms with Gasteiger partial charge in [-0.3, -0.25) is 4.79 Å². The minimum atomic E-state index is 0.0789. The van der Waals surface area contributed by atoms with E-state index in [4.69, 9.17) is 4.98 Å². The third kappa shape index (κ3) is 3.28. The van der Waals surface area contributed by atoms with Crippen molar-refractivity contribution < 1.29 is 4.79 Å². The molecule has 0 N–H and O–H groups in total. The van der Waals surface area contributed by atoms with Crippen LogP contribution in [0.3, 0.4) is 0 Å². The molecular formula is C26H25N3O. The number of benzene rings is 3. The summed E-state index contributed by atoms with van der Waals surface area (Å²) in [6.07, 6.45) is 0.491. The molecule has 1 fully saturated rings. The highest BCUT2D eigenvalue weighted by molar-refractivity contribution is 5.96. The summed E-state index contributed by atoms with van der Waals surface area (Å²) in [5.41, 5.74) is 6.77. The summed E-state index contributed by atoms with van der Waals surface area (Å²) in [6.45, 7) is 5.61. The van der Waals surface area contributed by atoms with Crippen molar-refractivity contribution in [2.24, 2.45) is 0 Å². The van der Waals surface area contributed by atoms with Crippen LogP contribution < -0.4 is 4.90 Å². The second-order valence-corrected chi connectivity index (χ2v) is 8.20. The van der Waals surface area contributed by atoms with E-state index >= 15 is 0 Å². The van der Waals surface area contributed by atoms with Gasteiger partial charge in [-0.25, -0.2) is 4.98 Å². The van der Waals surface area contributed by atoms with Gasteiger partial charge in [0.1, 0.15) is 5.82 Å². The second kappa shape index (κ2) is 7.45. The molecule has 0 unspecified atom stereocenters. The number of hydrogen-bond donors (Lipinski definition) is 0. The Labute approximate surface area is 176 Å². The van der Waals surface area contributed by atoms with Crippen molar-refractivity contribution >= 4 is 22.6 Å². The molecule has 0 saturated carbocycles. The highest BCUT2D eigenvalue weighted by Crippen LogP contribution is 2.34. The third-order valence-electron chi connectivity index (χ3n) is 6.16. The molecule has 4 aromatic rings. The molecule has 1 atom stereocenters. The van der Waals surface area contributed by atoms with E-state index in [1.54, 1.807) is 0 Å². The number of fused-ring (bicyclic) bond motifs is 1. The Balaban J connectivity index is 1.52. The number of carbonyl (C=O) groups excluding carboxylic acids is 1. The monoisotopic (exact) mass is 395 g/mol. The van der Waals surface area contributed by atoms with E-state index in [2.05, 4.69) is 79.1 Å². The normalized spacial score (nSPS) is 16.5. The minimum absolute atomic E-state index is 0.0789. The minimum Gasteiger partial charge on any atom is -0.323 e. The Morgan fingerprint density at radius 1 is 0.933 bits per heavy atom. The molecule has 1 aliphatic heterocycles. The molecule has 1 aliphatic rings. The van der Waals surface area contributed by atoms with E-state index in [0.29, 0.717) is 13.0 Å². The average Bonchev–Trinajstić information content (AvgIpc) is 3.32. The number of aromatic nitrogens is 2. The van der Waals surface area contributed by atoms with Crippen LogP contribution in [0.4, 0.5) is 5.69 Å². The predicted molar refractivity (Wildman–Crippen MR) is 121 cm³/mol. The van der Waals surface area contributed by atoms with Crippen LogP contribution >= 0.6 is 0 Å². The van der Waals surface area contributed by atoms with Gasteiger partial charge in [-0.1, -0.05) is 48.5 Å². The van der Waals surface area contributed by atoms with Crippen LogP contribution in [0.15, 0.2) is 72.8 Å². The number of hydrogen-bond acceptors (Lipinski definition) is 2. The lowest BCUT2D eigenvalue weighted by Gasteiger charge is -2.18. The Morgan fingerprint density at radius 3 is 2.50 bits per heavy atom. The molecule has 1 saturated heterocycles. The summed E-state index contributed by atoms with van der Waals surface area (Å²) in [4.78, 5) is 19.8. The van der Waals surface area contributed by atoms with Crippen molar-refractivity contribution in [1.29, 1.82) is 0 Å². The van der Waals surface area contributed by atoms with Crippen LogP contribution in [0.5, 0.6) is 0 Å². The number of nitrogens with zero attached hydrogens (tertiary/aromatic N) is 3. The Morgan fingerprint density at radius 2 is 1.70 bits per heavy atom. The lowest BCUT2D eigenvalue weighted by Crippen LogP contribution is -2.24. The highest BCUT2D eigenvalue weighted by Gasteiger charge is 2.35. The first-order chi connectivity index (χ1) is 14.6. The molecule has 30 heavy (non-hydrogen) atoms. The summed E-state index contributed by atoms with van der Waals surface area (Å²) in [5, 5.41) is 0. The van der Waals surface area contributed by atoms with Crippen LogP contribution in [0.2, 0.25) is 0 Å². The number of amides is 1. The van der Waals surface area contributed by atoms with E-state index in [1.807, 2.05) is 17.0 Å². The molecule has 0 radical (unpaired) electrons. The van der Waals surface area contributed by atoms with E-state index < -0.39 is 0 Å². The molecule has 0 aliphatic carbocycles. The zero-order valence-electron chi connectivity index (χ0n) is 17.4. The van der Waals surface area contributed by atoms with Crippen LogP contribution in [0.25, 0.3) is 11.0 Å². The second-order valence-electron chi connectivity index (χ2n) is 8.20. The van der Waals surface area contributed by atoms with Gasteiger partial charge in [-0.2, -0.15) is 0 Å². The van der Waals surface area contributed by atoms with E-state index in [0.717, 1.165) is 29.1 Å². The fraction of sp³-hybridized carbons (Fsp3) is 0.231. The zero-order valence-corrected chi connectivity index (χ0v) is 17.4. The quantitative estimate of drug-likeness (QED) is 0.475. The van der Waals surface area contributed by atoms with Gasteiger partial charge in [0.25, 0.3) is 0 Å². The summed E-state index contributed by atoms with van der Waals surface area (Å²) in [5.74, 6) is 1.25. The maximum absolute atomic E-state index is 12.9. The van der Waals surface area contributed by atoms with E-state index in [1.165, 1.54) is 16.7 Å². The SMILES string of the molecule is Cc1ccc(N2C[C@@H](c3nc4ccccc4n3Cc3ccccc3)CC2=O)cc1C. The summed E-state index contributed by atoms with van der Waals surface area (Å²) in [7, 11) is 0. The van der Waals surface area contributed by atoms with Gasteiger partial charge in [0.15, 0.2) is 0 Å². The smallest absolute Gasteiger partial charge is 0.227 e. The molecule has 2 heterocycles. The number of aryl methyl sites for hydroxylation is 2. The summed E-state index contributed by atoms with van der Waals surface area (Å²) >= 11 is 0. The van der Waals surface area contributed by atoms with E-state index in [-0.39, 0.29) is 11.8 Å². The number of imidazole rings is 1. The molecule has 1 amide bonds. The maximum atomic E-state index is 12.9. The zero-order chi connectivity index (χ0) is 20.7. The highest BCUT2D eigenvalue weighted by atomic mass is 16.2. The van der Waals surface area contributed by atoms with Gasteiger partial charge < -0.3 is 9.47 Å². The lowest BCUT2D eigenvalue weighted by atomic mass is 10.1. The number of para-hydroxylation sites is 2. The van der Waals surface area contributed by atoms with Gasteiger partial charge in [-0.15, -0.1) is 0 Å². The molecule has 4 heteroatoms. The van der Waals surface area contributed by atoms with Crippen LogP contribution in [-0.4, -0.2) is 22.0 Å². The lowest BCUT2D eigenvalue weighted by molar-refractivity contribution is -0.117. The van der Waals surface area contributed by atoms with Gasteiger partial charge in [0.05, 0.1) is 11.0 Å². The molecular weight excluding hydrogens is 370 g/mol. The van der Waals surface area contributed by atoms with Crippen LogP contribution in [0.1, 0.15) is 34.9 Å². The van der Waals surface area contributed by atoms with Gasteiger partial charge in [0, 0.05) is 31.1 Å². The third-order valence-corrected chi connectivity index (χ3v) is 6.16. The van der Waals surface area contributed by atoms with Crippen molar-refractivity contribution in [2.45, 2.75) is 32.7 Å². The predicted octanol–water partition coefficient (Wildman–Crippen LogP) is 5.22. The van der Waals surface area contributed by atoms with E-state index in [9.17, 15) is 4.79 Å². The van der Waals surface area contributed by atoms with Gasteiger partial charge in [0.2, 0.25) is 5.91 Å². The van der Waals surface area contributed by atoms with Crippen molar-refractivity contribution in [3.63, 3.8) is 0 Å². The van der Waals surface area contributed by atoms with Crippen LogP contribution in [0, 0.1) is 13.8 Å². The molecule has 150 valence electrons. The largest absolute Gasteiger partial charge is 0.323 e. The maximum Gasteiger partial charge on any atom is 0.227 e. The molecule has 5 rings (SSSR count). The Bertz CT molecular complexity index is 1230. The summed E-state index contributed by atoms with van der Waals surface area (Å²) < 4.78 is 2.28. The number of anilines is 1. The average molecular weight is 396 g/mol. The van der Waals surface area contributed by atoms with Crippen molar-refractivity contribution in [3.8, 4) is 0 Å². The molecule has 0 spiro atoms. The summed E-state index contributed by atoms with van der Waals surface area (Å²) in [6, 6.07) is 24.9. The Hall–Kier alpha value is -3.40. The standard InChI is InChI=1S/C26H25N3O/c1-18-12-13-22(14-19(18)2)28-17-21(15-25(28)30)26-27-23-10-6-7-11-24(23)29(26)16-20-8-4-3-5-9-20/h3-14,21H,15-17H2,1-2H3/t21-/m0/s1. The molecule has 1 aromatic heterocycles. The van der Waals surface area contributed by atoms with Crippen molar-refractivity contribution in [2.75, 3.05) is 11.4 Å². The van der Waals surface area contributed by atoms with Gasteiger partial charge in [-0.05, 0) is 54.8 Å². The first kappa shape index (κ1) is 18.6. The molecule has 4 nitrogen and oxygen atoms in total. The topological polar surface area (TPSA) is 38.1 Å². The van der Waals surface area contributed by atoms with Gasteiger partial charge >= 0.3 is 0 Å². The first-order valence-electron chi connectivity index (χ1n) is 10.5. The van der Waals surface area contributed by atoms with Crippen molar-refractivity contribution in [3.05, 3.63) is 95.3 Å². The molecule has 3 aromatic carbocycles. The fourth-order valence-electron chi connectivity index (χ4n) is 4.36. The molecule has 0 bridgehead atoms. The first-order valence-corrected chi connectivity index (χ1v) is 10.5. The number of carbonyl (C=O) groups is 1. The van der Waals surface area contributed by atoms with Crippen LogP contribution in [-0.2, 0) is 11.3 Å². The number of rotatable bonds is 4. The Kier molecular flexibility index (Phi) is 4.62.